The van der Waals surface area contributed by atoms with Gasteiger partial charge in [-0.1, -0.05) is 32.0 Å². The number of carbonyl (C=O) groups is 1. The van der Waals surface area contributed by atoms with Gasteiger partial charge in [0.15, 0.2) is 6.10 Å². The predicted molar refractivity (Wildman–Crippen MR) is 76.9 cm³/mol. The van der Waals surface area contributed by atoms with E-state index in [4.69, 9.17) is 9.47 Å². The number of cyclic esters (lactones) is 1. The van der Waals surface area contributed by atoms with Gasteiger partial charge >= 0.3 is 6.09 Å². The van der Waals surface area contributed by atoms with Crippen molar-refractivity contribution in [1.29, 1.82) is 0 Å². The van der Waals surface area contributed by atoms with Crippen LogP contribution in [0.4, 0.5) is 4.79 Å². The van der Waals surface area contributed by atoms with Crippen LogP contribution in [-0.2, 0) is 11.3 Å². The molecular formula is C15H22N2O3. The van der Waals surface area contributed by atoms with Crippen molar-refractivity contribution in [1.82, 2.24) is 10.6 Å². The van der Waals surface area contributed by atoms with Crippen LogP contribution in [-0.4, -0.2) is 31.4 Å². The van der Waals surface area contributed by atoms with E-state index >= 15 is 0 Å². The minimum atomic E-state index is -0.370. The maximum absolute atomic E-state index is 11.0. The van der Waals surface area contributed by atoms with Gasteiger partial charge in [-0.05, 0) is 12.5 Å². The number of para-hydroxylation sites is 1. The number of alkyl carbamates (subject to hydrolysis) is 1. The normalized spacial score (nSPS) is 18.0. The second-order valence-electron chi connectivity index (χ2n) is 5.32. The zero-order valence-electron chi connectivity index (χ0n) is 12.2. The molecule has 1 aliphatic rings. The summed E-state index contributed by atoms with van der Waals surface area (Å²) in [5.41, 5.74) is 2.21. The molecule has 0 bridgehead atoms. The van der Waals surface area contributed by atoms with E-state index in [1.165, 1.54) is 0 Å². The maximum Gasteiger partial charge on any atom is 0.407 e. The molecule has 20 heavy (non-hydrogen) atoms. The summed E-state index contributed by atoms with van der Waals surface area (Å²) < 4.78 is 10.9. The summed E-state index contributed by atoms with van der Waals surface area (Å²) in [6.45, 7) is 7.88. The molecule has 2 N–H and O–H groups in total. The summed E-state index contributed by atoms with van der Waals surface area (Å²) in [7, 11) is 0. The number of carbonyl (C=O) groups excluding carboxylic acids is 1. The van der Waals surface area contributed by atoms with Crippen molar-refractivity contribution >= 4 is 6.09 Å². The summed E-state index contributed by atoms with van der Waals surface area (Å²) >= 11 is 0. The van der Waals surface area contributed by atoms with Crippen molar-refractivity contribution < 1.29 is 14.3 Å². The van der Waals surface area contributed by atoms with Crippen molar-refractivity contribution in [3.05, 3.63) is 29.3 Å². The topological polar surface area (TPSA) is 59.6 Å². The van der Waals surface area contributed by atoms with Crippen LogP contribution >= 0.6 is 0 Å². The Hall–Kier alpha value is -1.75. The number of rotatable bonds is 6. The first-order chi connectivity index (χ1) is 9.56. The fourth-order valence-electron chi connectivity index (χ4n) is 2.07. The highest BCUT2D eigenvalue weighted by Gasteiger charge is 2.23. The molecule has 0 saturated carbocycles. The molecule has 0 aliphatic carbocycles. The Bertz CT molecular complexity index is 474. The first-order valence-corrected chi connectivity index (χ1v) is 6.95. The Kier molecular flexibility index (Phi) is 4.84. The Balaban J connectivity index is 1.99. The zero-order chi connectivity index (χ0) is 14.5. The minimum absolute atomic E-state index is 0.215. The highest BCUT2D eigenvalue weighted by Crippen LogP contribution is 2.24. The molecule has 1 fully saturated rings. The molecule has 1 amide bonds. The number of amides is 1. The molecule has 1 heterocycles. The third kappa shape index (κ3) is 3.87. The van der Waals surface area contributed by atoms with Gasteiger partial charge in [-0.15, -0.1) is 0 Å². The van der Waals surface area contributed by atoms with Crippen LogP contribution < -0.4 is 15.4 Å². The third-order valence-corrected chi connectivity index (χ3v) is 3.16. The van der Waals surface area contributed by atoms with E-state index in [0.29, 0.717) is 19.2 Å². The average Bonchev–Trinajstić information content (AvgIpc) is 2.81. The smallest absolute Gasteiger partial charge is 0.407 e. The first kappa shape index (κ1) is 14.7. The minimum Gasteiger partial charge on any atom is -0.489 e. The summed E-state index contributed by atoms with van der Waals surface area (Å²) in [4.78, 5) is 11.0. The monoisotopic (exact) mass is 278 g/mol. The first-order valence-electron chi connectivity index (χ1n) is 6.95. The largest absolute Gasteiger partial charge is 0.489 e. The van der Waals surface area contributed by atoms with Crippen molar-refractivity contribution in [2.24, 2.45) is 0 Å². The van der Waals surface area contributed by atoms with Gasteiger partial charge in [0, 0.05) is 18.2 Å². The SMILES string of the molecule is Cc1cccc(CNC(C)C)c1OCC1CNC(=O)O1. The Labute approximate surface area is 119 Å². The molecule has 1 unspecified atom stereocenters. The van der Waals surface area contributed by atoms with Crippen molar-refractivity contribution in [2.45, 2.75) is 39.5 Å². The number of ether oxygens (including phenoxy) is 2. The number of benzene rings is 1. The summed E-state index contributed by atoms with van der Waals surface area (Å²) in [6, 6.07) is 6.52. The van der Waals surface area contributed by atoms with Crippen LogP contribution in [0.3, 0.4) is 0 Å². The Morgan fingerprint density at radius 2 is 2.30 bits per heavy atom. The molecule has 1 aliphatic heterocycles. The van der Waals surface area contributed by atoms with E-state index in [2.05, 4.69) is 30.5 Å². The second-order valence-corrected chi connectivity index (χ2v) is 5.32. The summed E-state index contributed by atoms with van der Waals surface area (Å²) in [5.74, 6) is 0.878. The predicted octanol–water partition coefficient (Wildman–Crippen LogP) is 1.98. The highest BCUT2D eigenvalue weighted by atomic mass is 16.6. The molecule has 110 valence electrons. The molecule has 1 saturated heterocycles. The quantitative estimate of drug-likeness (QED) is 0.835. The van der Waals surface area contributed by atoms with E-state index in [-0.39, 0.29) is 12.2 Å². The lowest BCUT2D eigenvalue weighted by molar-refractivity contribution is 0.104. The third-order valence-electron chi connectivity index (χ3n) is 3.16. The van der Waals surface area contributed by atoms with Gasteiger partial charge in [0.25, 0.3) is 0 Å². The van der Waals surface area contributed by atoms with Gasteiger partial charge in [-0.25, -0.2) is 4.79 Å². The van der Waals surface area contributed by atoms with Gasteiger partial charge < -0.3 is 20.1 Å². The fraction of sp³-hybridized carbons (Fsp3) is 0.533. The molecule has 0 radical (unpaired) electrons. The van der Waals surface area contributed by atoms with E-state index in [9.17, 15) is 4.79 Å². The lowest BCUT2D eigenvalue weighted by atomic mass is 10.1. The zero-order valence-corrected chi connectivity index (χ0v) is 12.2. The van der Waals surface area contributed by atoms with Gasteiger partial charge in [0.1, 0.15) is 12.4 Å². The Morgan fingerprint density at radius 1 is 1.50 bits per heavy atom. The van der Waals surface area contributed by atoms with Crippen LogP contribution in [0.5, 0.6) is 5.75 Å². The summed E-state index contributed by atoms with van der Waals surface area (Å²) in [5, 5.41) is 6.01. The molecule has 5 heteroatoms. The van der Waals surface area contributed by atoms with Gasteiger partial charge in [0.2, 0.25) is 0 Å². The fourth-order valence-corrected chi connectivity index (χ4v) is 2.07. The number of nitrogens with one attached hydrogen (secondary N) is 2. The van der Waals surface area contributed by atoms with Gasteiger partial charge in [-0.3, -0.25) is 0 Å². The van der Waals surface area contributed by atoms with Crippen molar-refractivity contribution in [3.8, 4) is 5.75 Å². The van der Waals surface area contributed by atoms with Crippen LogP contribution in [0.2, 0.25) is 0 Å². The number of aryl methyl sites for hydroxylation is 1. The summed E-state index contributed by atoms with van der Waals surface area (Å²) in [6.07, 6.45) is -0.585. The average molecular weight is 278 g/mol. The van der Waals surface area contributed by atoms with Crippen molar-refractivity contribution in [2.75, 3.05) is 13.2 Å². The Morgan fingerprint density at radius 3 is 2.95 bits per heavy atom. The molecule has 1 atom stereocenters. The van der Waals surface area contributed by atoms with Crippen LogP contribution in [0.25, 0.3) is 0 Å². The second kappa shape index (κ2) is 6.61. The van der Waals surface area contributed by atoms with Gasteiger partial charge in [-0.2, -0.15) is 0 Å². The molecule has 5 nitrogen and oxygen atoms in total. The number of hydrogen-bond acceptors (Lipinski definition) is 4. The van der Waals surface area contributed by atoms with E-state index in [0.717, 1.165) is 23.4 Å². The van der Waals surface area contributed by atoms with E-state index < -0.39 is 0 Å². The molecule has 0 spiro atoms. The lowest BCUT2D eigenvalue weighted by Crippen LogP contribution is -2.24. The standard InChI is InChI=1S/C15H22N2O3/c1-10(2)16-7-12-6-4-5-11(3)14(12)19-9-13-8-17-15(18)20-13/h4-6,10,13,16H,7-9H2,1-3H3,(H,17,18). The molecule has 1 aromatic carbocycles. The van der Waals surface area contributed by atoms with E-state index in [1.54, 1.807) is 0 Å². The van der Waals surface area contributed by atoms with Gasteiger partial charge in [0.05, 0.1) is 6.54 Å². The van der Waals surface area contributed by atoms with E-state index in [1.807, 2.05) is 19.1 Å². The maximum atomic E-state index is 11.0. The molecule has 1 aromatic rings. The van der Waals surface area contributed by atoms with Crippen molar-refractivity contribution in [3.63, 3.8) is 0 Å². The van der Waals surface area contributed by atoms with Crippen LogP contribution in [0, 0.1) is 6.92 Å². The number of hydrogen-bond donors (Lipinski definition) is 2. The molecular weight excluding hydrogens is 256 g/mol. The lowest BCUT2D eigenvalue weighted by Gasteiger charge is -2.17. The molecule has 0 aromatic heterocycles. The van der Waals surface area contributed by atoms with Crippen LogP contribution in [0.15, 0.2) is 18.2 Å². The highest BCUT2D eigenvalue weighted by molar-refractivity contribution is 5.69. The molecule has 2 rings (SSSR count). The van der Waals surface area contributed by atoms with Crippen LogP contribution in [0.1, 0.15) is 25.0 Å².